The number of aliphatic carboxylic acids is 1. The van der Waals surface area contributed by atoms with Crippen LogP contribution in [0.5, 0.6) is 0 Å². The Labute approximate surface area is 118 Å². The number of piperazine rings is 1. The van der Waals surface area contributed by atoms with E-state index in [0.717, 1.165) is 13.1 Å². The van der Waals surface area contributed by atoms with Gasteiger partial charge in [-0.15, -0.1) is 0 Å². The van der Waals surface area contributed by atoms with Gasteiger partial charge in [0.25, 0.3) is 0 Å². The van der Waals surface area contributed by atoms with Gasteiger partial charge in [-0.05, 0) is 25.0 Å². The van der Waals surface area contributed by atoms with E-state index in [1.807, 2.05) is 12.1 Å². The summed E-state index contributed by atoms with van der Waals surface area (Å²) in [5, 5.41) is 10.4. The number of carbonyl (C=O) groups excluding carboxylic acids is 2. The highest BCUT2D eigenvalue weighted by atomic mass is 16.4. The number of hydrogen-bond donors (Lipinski definition) is 0. The summed E-state index contributed by atoms with van der Waals surface area (Å²) in [6.07, 6.45) is -0.163. The van der Waals surface area contributed by atoms with Crippen molar-refractivity contribution >= 4 is 17.6 Å². The molecule has 0 N–H and O–H groups in total. The van der Waals surface area contributed by atoms with Crippen LogP contribution in [0.15, 0.2) is 24.3 Å². The van der Waals surface area contributed by atoms with Gasteiger partial charge in [-0.2, -0.15) is 0 Å². The minimum absolute atomic E-state index is 0.0344. The lowest BCUT2D eigenvalue weighted by atomic mass is 10.1. The molecule has 1 aromatic rings. The van der Waals surface area contributed by atoms with Gasteiger partial charge in [0.1, 0.15) is 0 Å². The Hall–Kier alpha value is -2.04. The molecule has 1 aliphatic rings. The number of para-hydroxylation sites is 1. The first kappa shape index (κ1) is 14.4. The summed E-state index contributed by atoms with van der Waals surface area (Å²) in [6.45, 7) is 4.91. The Bertz CT molecular complexity index is 494. The predicted molar refractivity (Wildman–Crippen MR) is 74.2 cm³/mol. The maximum Gasteiger partial charge on any atom is 0.223 e. The number of carboxylic acid groups (broad SMARTS) is 1. The zero-order valence-corrected chi connectivity index (χ0v) is 11.7. The zero-order chi connectivity index (χ0) is 14.5. The van der Waals surface area contributed by atoms with Crippen LogP contribution in [0.1, 0.15) is 18.4 Å². The van der Waals surface area contributed by atoms with Crippen LogP contribution in [0.2, 0.25) is 0 Å². The molecule has 5 heteroatoms. The van der Waals surface area contributed by atoms with Crippen LogP contribution in [-0.2, 0) is 9.59 Å². The largest absolute Gasteiger partial charge is 0.550 e. The molecule has 0 bridgehead atoms. The molecule has 0 unspecified atom stereocenters. The molecular weight excluding hydrogens is 256 g/mol. The second-order valence-electron chi connectivity index (χ2n) is 5.03. The van der Waals surface area contributed by atoms with E-state index in [0.29, 0.717) is 13.1 Å². The third-order valence-electron chi connectivity index (χ3n) is 3.63. The molecule has 0 aromatic heterocycles. The Kier molecular flexibility index (Phi) is 4.61. The molecule has 5 nitrogen and oxygen atoms in total. The van der Waals surface area contributed by atoms with Crippen molar-refractivity contribution in [1.29, 1.82) is 0 Å². The van der Waals surface area contributed by atoms with Gasteiger partial charge in [-0.1, -0.05) is 18.2 Å². The molecule has 1 aliphatic heterocycles. The molecule has 0 spiro atoms. The Morgan fingerprint density at radius 1 is 1.10 bits per heavy atom. The van der Waals surface area contributed by atoms with Crippen molar-refractivity contribution in [3.05, 3.63) is 29.8 Å². The van der Waals surface area contributed by atoms with Gasteiger partial charge < -0.3 is 19.7 Å². The summed E-state index contributed by atoms with van der Waals surface area (Å²) < 4.78 is 0. The quantitative estimate of drug-likeness (QED) is 0.786. The van der Waals surface area contributed by atoms with Gasteiger partial charge in [0.2, 0.25) is 5.91 Å². The van der Waals surface area contributed by atoms with Crippen LogP contribution in [0.25, 0.3) is 0 Å². The van der Waals surface area contributed by atoms with E-state index in [9.17, 15) is 14.7 Å². The monoisotopic (exact) mass is 275 g/mol. The van der Waals surface area contributed by atoms with Crippen LogP contribution >= 0.6 is 0 Å². The van der Waals surface area contributed by atoms with E-state index in [2.05, 4.69) is 24.0 Å². The number of anilines is 1. The number of benzene rings is 1. The molecule has 0 radical (unpaired) electrons. The SMILES string of the molecule is Cc1ccccc1N1CCN(C(=O)CCC(=O)[O-])CC1. The lowest BCUT2D eigenvalue weighted by Gasteiger charge is -2.37. The van der Waals surface area contributed by atoms with Crippen LogP contribution < -0.4 is 10.0 Å². The number of rotatable bonds is 4. The first-order valence-electron chi connectivity index (χ1n) is 6.86. The van der Waals surface area contributed by atoms with Gasteiger partial charge in [-0.25, -0.2) is 0 Å². The fourth-order valence-electron chi connectivity index (χ4n) is 2.48. The smallest absolute Gasteiger partial charge is 0.223 e. The van der Waals surface area contributed by atoms with Gasteiger partial charge >= 0.3 is 0 Å². The van der Waals surface area contributed by atoms with Crippen molar-refractivity contribution in [2.24, 2.45) is 0 Å². The van der Waals surface area contributed by atoms with E-state index in [1.54, 1.807) is 4.90 Å². The fourth-order valence-corrected chi connectivity index (χ4v) is 2.48. The van der Waals surface area contributed by atoms with Crippen molar-refractivity contribution in [1.82, 2.24) is 4.90 Å². The number of amides is 1. The predicted octanol–water partition coefficient (Wildman–Crippen LogP) is 0.174. The minimum Gasteiger partial charge on any atom is -0.550 e. The summed E-state index contributed by atoms with van der Waals surface area (Å²) in [7, 11) is 0. The molecule has 1 saturated heterocycles. The second-order valence-corrected chi connectivity index (χ2v) is 5.03. The number of aryl methyl sites for hydroxylation is 1. The molecule has 20 heavy (non-hydrogen) atoms. The molecule has 1 fully saturated rings. The van der Waals surface area contributed by atoms with E-state index < -0.39 is 5.97 Å². The molecule has 1 aromatic carbocycles. The maximum atomic E-state index is 11.8. The van der Waals surface area contributed by atoms with E-state index in [1.165, 1.54) is 11.3 Å². The standard InChI is InChI=1S/C15H20N2O3/c1-12-4-2-3-5-13(12)16-8-10-17(11-9-16)14(18)6-7-15(19)20/h2-5H,6-11H2,1H3,(H,19,20)/p-1. The fraction of sp³-hybridized carbons (Fsp3) is 0.467. The van der Waals surface area contributed by atoms with Crippen molar-refractivity contribution < 1.29 is 14.7 Å². The molecule has 0 aliphatic carbocycles. The van der Waals surface area contributed by atoms with Gasteiger partial charge in [0.15, 0.2) is 0 Å². The van der Waals surface area contributed by atoms with Crippen LogP contribution in [0.3, 0.4) is 0 Å². The number of hydrogen-bond acceptors (Lipinski definition) is 4. The van der Waals surface area contributed by atoms with Crippen molar-refractivity contribution in [3.63, 3.8) is 0 Å². The average molecular weight is 275 g/mol. The molecule has 108 valence electrons. The normalized spacial score (nSPS) is 15.2. The summed E-state index contributed by atoms with van der Waals surface area (Å²) in [5.41, 5.74) is 2.43. The average Bonchev–Trinajstić information content (AvgIpc) is 2.45. The Morgan fingerprint density at radius 2 is 1.75 bits per heavy atom. The molecule has 1 heterocycles. The Balaban J connectivity index is 1.88. The van der Waals surface area contributed by atoms with E-state index in [-0.39, 0.29) is 18.7 Å². The number of carbonyl (C=O) groups is 2. The van der Waals surface area contributed by atoms with Gasteiger partial charge in [0.05, 0.1) is 0 Å². The highest BCUT2D eigenvalue weighted by Crippen LogP contribution is 2.20. The first-order valence-corrected chi connectivity index (χ1v) is 6.86. The minimum atomic E-state index is -1.17. The molecule has 1 amide bonds. The summed E-state index contributed by atoms with van der Waals surface area (Å²) >= 11 is 0. The summed E-state index contributed by atoms with van der Waals surface area (Å²) in [4.78, 5) is 26.2. The first-order chi connectivity index (χ1) is 9.58. The highest BCUT2D eigenvalue weighted by molar-refractivity contribution is 5.80. The summed E-state index contributed by atoms with van der Waals surface area (Å²) in [6, 6.07) is 8.19. The lowest BCUT2D eigenvalue weighted by Crippen LogP contribution is -2.49. The maximum absolute atomic E-state index is 11.8. The lowest BCUT2D eigenvalue weighted by molar-refractivity contribution is -0.305. The third-order valence-corrected chi connectivity index (χ3v) is 3.63. The van der Waals surface area contributed by atoms with Crippen molar-refractivity contribution in [2.75, 3.05) is 31.1 Å². The van der Waals surface area contributed by atoms with Crippen molar-refractivity contribution in [2.45, 2.75) is 19.8 Å². The number of nitrogens with zero attached hydrogens (tertiary/aromatic N) is 2. The Morgan fingerprint density at radius 3 is 2.35 bits per heavy atom. The molecule has 0 saturated carbocycles. The van der Waals surface area contributed by atoms with Gasteiger partial charge in [0, 0.05) is 44.3 Å². The number of carboxylic acids is 1. The molecule has 2 rings (SSSR count). The zero-order valence-electron chi connectivity index (χ0n) is 11.7. The van der Waals surface area contributed by atoms with E-state index in [4.69, 9.17) is 0 Å². The van der Waals surface area contributed by atoms with Crippen LogP contribution in [-0.4, -0.2) is 43.0 Å². The van der Waals surface area contributed by atoms with Crippen molar-refractivity contribution in [3.8, 4) is 0 Å². The van der Waals surface area contributed by atoms with Gasteiger partial charge in [-0.3, -0.25) is 4.79 Å². The second kappa shape index (κ2) is 6.41. The molecular formula is C15H19N2O3-. The van der Waals surface area contributed by atoms with E-state index >= 15 is 0 Å². The van der Waals surface area contributed by atoms with Crippen LogP contribution in [0, 0.1) is 6.92 Å². The topological polar surface area (TPSA) is 63.7 Å². The highest BCUT2D eigenvalue weighted by Gasteiger charge is 2.21. The summed E-state index contributed by atoms with van der Waals surface area (Å²) in [5.74, 6) is -1.27. The molecule has 0 atom stereocenters. The van der Waals surface area contributed by atoms with Crippen LogP contribution in [0.4, 0.5) is 5.69 Å². The third kappa shape index (κ3) is 3.50.